The number of benzene rings is 2. The molecule has 3 rings (SSSR count). The summed E-state index contributed by atoms with van der Waals surface area (Å²) in [5.74, 6) is -0.602. The molecule has 158 valence electrons. The van der Waals surface area contributed by atoms with Crippen LogP contribution in [0, 0.1) is 6.92 Å². The molecule has 8 nitrogen and oxygen atoms in total. The Bertz CT molecular complexity index is 1220. The van der Waals surface area contributed by atoms with Crippen LogP contribution in [0.25, 0.3) is 5.69 Å². The Hall–Kier alpha value is -3.33. The third-order valence-corrected chi connectivity index (χ3v) is 6.14. The summed E-state index contributed by atoms with van der Waals surface area (Å²) in [6, 6.07) is 16.4. The van der Waals surface area contributed by atoms with Gasteiger partial charge in [-0.15, -0.1) is 0 Å². The van der Waals surface area contributed by atoms with Gasteiger partial charge in [0.05, 0.1) is 23.3 Å². The van der Waals surface area contributed by atoms with Crippen molar-refractivity contribution in [2.24, 2.45) is 7.05 Å². The van der Waals surface area contributed by atoms with Crippen LogP contribution in [0.3, 0.4) is 0 Å². The zero-order valence-electron chi connectivity index (χ0n) is 17.2. The van der Waals surface area contributed by atoms with Crippen LogP contribution < -0.4 is 15.2 Å². The van der Waals surface area contributed by atoms with Crippen molar-refractivity contribution in [1.29, 1.82) is 0 Å². The molecule has 0 bridgehead atoms. The molecule has 0 aliphatic heterocycles. The van der Waals surface area contributed by atoms with E-state index in [0.717, 1.165) is 10.6 Å². The third-order valence-electron chi connectivity index (χ3n) is 4.90. The summed E-state index contributed by atoms with van der Waals surface area (Å²) in [5, 5.41) is 2.63. The lowest BCUT2D eigenvalue weighted by Gasteiger charge is -2.28. The molecule has 1 amide bonds. The quantitative estimate of drug-likeness (QED) is 0.652. The molecule has 1 aromatic heterocycles. The van der Waals surface area contributed by atoms with Crippen molar-refractivity contribution in [3.05, 3.63) is 76.7 Å². The highest BCUT2D eigenvalue weighted by atomic mass is 32.2. The maximum Gasteiger partial charge on any atom is 0.295 e. The fraction of sp³-hybridized carbons (Fsp3) is 0.238. The van der Waals surface area contributed by atoms with Crippen molar-refractivity contribution < 1.29 is 13.2 Å². The highest BCUT2D eigenvalue weighted by molar-refractivity contribution is 7.92. The van der Waals surface area contributed by atoms with E-state index in [1.165, 1.54) is 11.6 Å². The molecule has 1 atom stereocenters. The summed E-state index contributed by atoms with van der Waals surface area (Å²) in [6.07, 6.45) is 1.04. The molecule has 0 fully saturated rings. The normalized spacial score (nSPS) is 12.4. The molecular weight excluding hydrogens is 404 g/mol. The molecule has 3 aromatic rings. The highest BCUT2D eigenvalue weighted by Crippen LogP contribution is 2.21. The van der Waals surface area contributed by atoms with Gasteiger partial charge in [0.25, 0.3) is 5.56 Å². The first-order valence-electron chi connectivity index (χ1n) is 9.32. The average molecular weight is 429 g/mol. The Balaban J connectivity index is 1.97. The molecule has 1 heterocycles. The summed E-state index contributed by atoms with van der Waals surface area (Å²) >= 11 is 0. The fourth-order valence-electron chi connectivity index (χ4n) is 3.32. The predicted octanol–water partition coefficient (Wildman–Crippen LogP) is 2.28. The van der Waals surface area contributed by atoms with Crippen molar-refractivity contribution in [2.75, 3.05) is 15.9 Å². The summed E-state index contributed by atoms with van der Waals surface area (Å²) in [7, 11) is -2.02. The number of hydrogen-bond acceptors (Lipinski definition) is 4. The number of carbonyl (C=O) groups excluding carboxylic acids is 1. The number of hydrogen-bond donors (Lipinski definition) is 1. The maximum atomic E-state index is 13.0. The highest BCUT2D eigenvalue weighted by Gasteiger charge is 2.30. The van der Waals surface area contributed by atoms with E-state index in [-0.39, 0.29) is 5.69 Å². The van der Waals surface area contributed by atoms with E-state index in [4.69, 9.17) is 0 Å². The standard InChI is InChI=1S/C21H24N4O4S/c1-15-19(21(27)24(23(15)3)17-11-7-5-8-12-17)22-20(26)16(2)25(30(4,28)29)18-13-9-6-10-14-18/h5-14,16H,1-4H3,(H,22,26). The van der Waals surface area contributed by atoms with Gasteiger partial charge in [-0.3, -0.25) is 18.6 Å². The van der Waals surface area contributed by atoms with E-state index in [0.29, 0.717) is 17.1 Å². The molecule has 0 aliphatic rings. The van der Waals surface area contributed by atoms with Gasteiger partial charge in [-0.05, 0) is 38.1 Å². The van der Waals surface area contributed by atoms with Crippen LogP contribution in [-0.2, 0) is 21.9 Å². The minimum absolute atomic E-state index is 0.111. The minimum Gasteiger partial charge on any atom is -0.318 e. The smallest absolute Gasteiger partial charge is 0.295 e. The average Bonchev–Trinajstić information content (AvgIpc) is 2.91. The number of aromatic nitrogens is 2. The first kappa shape index (κ1) is 21.4. The van der Waals surface area contributed by atoms with E-state index < -0.39 is 27.5 Å². The van der Waals surface area contributed by atoms with Crippen molar-refractivity contribution in [2.45, 2.75) is 19.9 Å². The lowest BCUT2D eigenvalue weighted by Crippen LogP contribution is -2.45. The van der Waals surface area contributed by atoms with Crippen molar-refractivity contribution in [3.63, 3.8) is 0 Å². The Morgan fingerprint density at radius 1 is 1.03 bits per heavy atom. The van der Waals surface area contributed by atoms with Gasteiger partial charge in [-0.25, -0.2) is 13.1 Å². The summed E-state index contributed by atoms with van der Waals surface area (Å²) in [6.45, 7) is 3.20. The second kappa shape index (κ2) is 8.19. The SMILES string of the molecule is Cc1c(NC(=O)C(C)N(c2ccccc2)S(C)(=O)=O)c(=O)n(-c2ccccc2)n1C. The van der Waals surface area contributed by atoms with Gasteiger partial charge in [-0.2, -0.15) is 0 Å². The third kappa shape index (κ3) is 4.02. The summed E-state index contributed by atoms with van der Waals surface area (Å²) < 4.78 is 28.9. The second-order valence-electron chi connectivity index (χ2n) is 7.00. The molecule has 1 N–H and O–H groups in total. The van der Waals surface area contributed by atoms with Crippen molar-refractivity contribution in [3.8, 4) is 5.69 Å². The first-order valence-corrected chi connectivity index (χ1v) is 11.2. The van der Waals surface area contributed by atoms with Gasteiger partial charge in [0, 0.05) is 7.05 Å². The number of nitrogens with one attached hydrogen (secondary N) is 1. The molecule has 0 saturated carbocycles. The van der Waals surface area contributed by atoms with Gasteiger partial charge < -0.3 is 5.32 Å². The van der Waals surface area contributed by atoms with Crippen LogP contribution in [0.2, 0.25) is 0 Å². The Morgan fingerprint density at radius 3 is 2.10 bits per heavy atom. The van der Waals surface area contributed by atoms with Crippen LogP contribution in [0.5, 0.6) is 0 Å². The Morgan fingerprint density at radius 2 is 1.57 bits per heavy atom. The van der Waals surface area contributed by atoms with E-state index in [9.17, 15) is 18.0 Å². The van der Waals surface area contributed by atoms with E-state index in [1.54, 1.807) is 61.1 Å². The second-order valence-corrected chi connectivity index (χ2v) is 8.86. The number of anilines is 2. The van der Waals surface area contributed by atoms with E-state index in [2.05, 4.69) is 5.32 Å². The largest absolute Gasteiger partial charge is 0.318 e. The maximum absolute atomic E-state index is 13.0. The molecule has 30 heavy (non-hydrogen) atoms. The molecule has 9 heteroatoms. The molecular formula is C21H24N4O4S. The van der Waals surface area contributed by atoms with Gasteiger partial charge in [0.15, 0.2) is 0 Å². The number of carbonyl (C=O) groups is 1. The van der Waals surface area contributed by atoms with Crippen LogP contribution in [0.1, 0.15) is 12.6 Å². The Kier molecular flexibility index (Phi) is 5.84. The summed E-state index contributed by atoms with van der Waals surface area (Å²) in [5.41, 5.74) is 1.29. The van der Waals surface area contributed by atoms with Crippen LogP contribution >= 0.6 is 0 Å². The van der Waals surface area contributed by atoms with Crippen LogP contribution in [0.15, 0.2) is 65.5 Å². The molecule has 0 radical (unpaired) electrons. The van der Waals surface area contributed by atoms with Crippen molar-refractivity contribution >= 4 is 27.3 Å². The minimum atomic E-state index is -3.74. The predicted molar refractivity (Wildman–Crippen MR) is 118 cm³/mol. The summed E-state index contributed by atoms with van der Waals surface area (Å²) in [4.78, 5) is 26.0. The van der Waals surface area contributed by atoms with Crippen molar-refractivity contribution in [1.82, 2.24) is 9.36 Å². The topological polar surface area (TPSA) is 93.4 Å². The molecule has 2 aromatic carbocycles. The lowest BCUT2D eigenvalue weighted by molar-refractivity contribution is -0.116. The molecule has 1 unspecified atom stereocenters. The first-order chi connectivity index (χ1) is 14.1. The number of sulfonamides is 1. The number of para-hydroxylation sites is 2. The van der Waals surface area contributed by atoms with Crippen LogP contribution in [0.4, 0.5) is 11.4 Å². The van der Waals surface area contributed by atoms with Gasteiger partial charge in [-0.1, -0.05) is 36.4 Å². The molecule has 0 aliphatic carbocycles. The zero-order chi connectivity index (χ0) is 22.1. The van der Waals surface area contributed by atoms with Crippen LogP contribution in [-0.4, -0.2) is 36.0 Å². The fourth-order valence-corrected chi connectivity index (χ4v) is 4.50. The lowest BCUT2D eigenvalue weighted by atomic mass is 10.2. The van der Waals surface area contributed by atoms with E-state index in [1.807, 2.05) is 18.2 Å². The Labute approximate surface area is 175 Å². The number of nitrogens with zero attached hydrogens (tertiary/aromatic N) is 3. The monoisotopic (exact) mass is 428 g/mol. The molecule has 0 spiro atoms. The number of amides is 1. The van der Waals surface area contributed by atoms with E-state index >= 15 is 0 Å². The number of rotatable bonds is 6. The van der Waals surface area contributed by atoms with Gasteiger partial charge in [0.1, 0.15) is 11.7 Å². The van der Waals surface area contributed by atoms with Gasteiger partial charge >= 0.3 is 0 Å². The zero-order valence-corrected chi connectivity index (χ0v) is 18.1. The molecule has 0 saturated heterocycles. The van der Waals surface area contributed by atoms with Gasteiger partial charge in [0.2, 0.25) is 15.9 Å².